The minimum absolute atomic E-state index is 0.00917. The Morgan fingerprint density at radius 3 is 2.53 bits per heavy atom. The van der Waals surface area contributed by atoms with Gasteiger partial charge in [-0.05, 0) is 55.7 Å². The highest BCUT2D eigenvalue weighted by Crippen LogP contribution is 2.31. The predicted octanol–water partition coefficient (Wildman–Crippen LogP) is 3.38. The molecule has 0 unspecified atom stereocenters. The molecule has 0 spiro atoms. The van der Waals surface area contributed by atoms with Crippen LogP contribution in [0.25, 0.3) is 0 Å². The van der Waals surface area contributed by atoms with E-state index < -0.39 is 34.9 Å². The first-order chi connectivity index (χ1) is 14.0. The third-order valence-corrected chi connectivity index (χ3v) is 5.55. The quantitative estimate of drug-likeness (QED) is 0.390. The van der Waals surface area contributed by atoms with Crippen molar-refractivity contribution < 1.29 is 19.3 Å². The fraction of sp³-hybridized carbons (Fsp3) is 0.250. The summed E-state index contributed by atoms with van der Waals surface area (Å²) in [6, 6.07) is 9.07. The molecular formula is C20H19BrN4O5. The molecule has 4 amide bonds. The van der Waals surface area contributed by atoms with E-state index in [0.29, 0.717) is 11.1 Å². The second-order valence-electron chi connectivity index (χ2n) is 7.22. The SMILES string of the molecule is Cc1cc(NC(=O)CN2C(=O)N[C@](C)(c3cccc(Br)c3)C2=O)c([N+](=O)[O-])cc1C. The normalized spacial score (nSPS) is 18.3. The maximum Gasteiger partial charge on any atom is 0.325 e. The van der Waals surface area contributed by atoms with Gasteiger partial charge >= 0.3 is 6.03 Å². The van der Waals surface area contributed by atoms with Gasteiger partial charge in [0.05, 0.1) is 4.92 Å². The zero-order valence-corrected chi connectivity index (χ0v) is 18.1. The largest absolute Gasteiger partial charge is 0.325 e. The van der Waals surface area contributed by atoms with E-state index >= 15 is 0 Å². The zero-order valence-electron chi connectivity index (χ0n) is 16.5. The van der Waals surface area contributed by atoms with Crippen LogP contribution in [0.4, 0.5) is 16.2 Å². The number of nitro groups is 1. The summed E-state index contributed by atoms with van der Waals surface area (Å²) in [5.74, 6) is -1.31. The van der Waals surface area contributed by atoms with Gasteiger partial charge in [-0.1, -0.05) is 28.1 Å². The van der Waals surface area contributed by atoms with E-state index in [0.717, 1.165) is 14.9 Å². The van der Waals surface area contributed by atoms with Gasteiger partial charge < -0.3 is 10.6 Å². The molecule has 1 heterocycles. The number of anilines is 1. The van der Waals surface area contributed by atoms with Gasteiger partial charge in [-0.25, -0.2) is 4.79 Å². The van der Waals surface area contributed by atoms with Crippen molar-refractivity contribution in [1.29, 1.82) is 0 Å². The summed E-state index contributed by atoms with van der Waals surface area (Å²) in [5.41, 5.74) is 0.445. The molecular weight excluding hydrogens is 456 g/mol. The lowest BCUT2D eigenvalue weighted by Gasteiger charge is -2.22. The number of nitro benzene ring substituents is 1. The molecule has 1 fully saturated rings. The molecule has 1 saturated heterocycles. The molecule has 2 aromatic rings. The van der Waals surface area contributed by atoms with Crippen LogP contribution in [-0.2, 0) is 15.1 Å². The van der Waals surface area contributed by atoms with Gasteiger partial charge in [0.1, 0.15) is 17.8 Å². The summed E-state index contributed by atoms with van der Waals surface area (Å²) < 4.78 is 0.738. The van der Waals surface area contributed by atoms with Gasteiger partial charge in [0.25, 0.3) is 11.6 Å². The topological polar surface area (TPSA) is 122 Å². The number of aryl methyl sites for hydroxylation is 2. The average Bonchev–Trinajstić information content (AvgIpc) is 2.88. The zero-order chi connectivity index (χ0) is 22.2. The number of hydrogen-bond acceptors (Lipinski definition) is 5. The van der Waals surface area contributed by atoms with E-state index in [1.165, 1.54) is 12.1 Å². The average molecular weight is 475 g/mol. The van der Waals surface area contributed by atoms with Crippen molar-refractivity contribution in [3.63, 3.8) is 0 Å². The minimum Gasteiger partial charge on any atom is -0.319 e. The summed E-state index contributed by atoms with van der Waals surface area (Å²) in [6.45, 7) is 4.47. The fourth-order valence-corrected chi connectivity index (χ4v) is 3.62. The molecule has 1 aliphatic rings. The number of amides is 4. The molecule has 0 radical (unpaired) electrons. The van der Waals surface area contributed by atoms with Crippen LogP contribution in [-0.4, -0.2) is 34.2 Å². The monoisotopic (exact) mass is 474 g/mol. The Hall–Kier alpha value is -3.27. The molecule has 0 saturated carbocycles. The van der Waals surface area contributed by atoms with Crippen molar-refractivity contribution >= 4 is 45.2 Å². The molecule has 0 aromatic heterocycles. The van der Waals surface area contributed by atoms with Crippen LogP contribution in [0.5, 0.6) is 0 Å². The molecule has 156 valence electrons. The molecule has 3 rings (SSSR count). The lowest BCUT2D eigenvalue weighted by atomic mass is 9.92. The van der Waals surface area contributed by atoms with Gasteiger partial charge in [0, 0.05) is 10.5 Å². The molecule has 2 aromatic carbocycles. The molecule has 10 heteroatoms. The van der Waals surface area contributed by atoms with Crippen molar-refractivity contribution in [2.75, 3.05) is 11.9 Å². The lowest BCUT2D eigenvalue weighted by Crippen LogP contribution is -2.42. The van der Waals surface area contributed by atoms with Gasteiger partial charge in [-0.2, -0.15) is 0 Å². The Labute approximate surface area is 180 Å². The number of carbonyl (C=O) groups is 3. The summed E-state index contributed by atoms with van der Waals surface area (Å²) in [4.78, 5) is 49.4. The fourth-order valence-electron chi connectivity index (χ4n) is 3.22. The number of rotatable bonds is 5. The number of carbonyl (C=O) groups excluding carboxylic acids is 3. The molecule has 0 aliphatic carbocycles. The minimum atomic E-state index is -1.33. The Morgan fingerprint density at radius 1 is 1.23 bits per heavy atom. The first kappa shape index (κ1) is 21.4. The van der Waals surface area contributed by atoms with Gasteiger partial charge in [0.15, 0.2) is 0 Å². The summed E-state index contributed by atoms with van der Waals surface area (Å²) in [5, 5.41) is 16.4. The molecule has 0 bridgehead atoms. The van der Waals surface area contributed by atoms with Crippen molar-refractivity contribution in [1.82, 2.24) is 10.2 Å². The first-order valence-electron chi connectivity index (χ1n) is 8.98. The second-order valence-corrected chi connectivity index (χ2v) is 8.13. The lowest BCUT2D eigenvalue weighted by molar-refractivity contribution is -0.384. The summed E-state index contributed by atoms with van der Waals surface area (Å²) in [6.07, 6.45) is 0. The summed E-state index contributed by atoms with van der Waals surface area (Å²) in [7, 11) is 0. The van der Waals surface area contributed by atoms with Crippen molar-refractivity contribution in [2.24, 2.45) is 0 Å². The van der Waals surface area contributed by atoms with Crippen LogP contribution < -0.4 is 10.6 Å². The molecule has 30 heavy (non-hydrogen) atoms. The molecule has 1 atom stereocenters. The standard InChI is InChI=1S/C20H19BrN4O5/c1-11-7-15(16(25(29)30)8-12(11)2)22-17(26)10-24-18(27)20(3,23-19(24)28)13-5-4-6-14(21)9-13/h4-9H,10H2,1-3H3,(H,22,26)(H,23,28)/t20-/m1/s1. The summed E-state index contributed by atoms with van der Waals surface area (Å²) >= 11 is 3.33. The van der Waals surface area contributed by atoms with Crippen LogP contribution in [0.15, 0.2) is 40.9 Å². The number of urea groups is 1. The highest BCUT2D eigenvalue weighted by Gasteiger charge is 2.49. The van der Waals surface area contributed by atoms with E-state index in [4.69, 9.17) is 0 Å². The third kappa shape index (κ3) is 3.90. The number of nitrogens with zero attached hydrogens (tertiary/aromatic N) is 2. The number of benzene rings is 2. The maximum absolute atomic E-state index is 13.0. The molecule has 1 aliphatic heterocycles. The van der Waals surface area contributed by atoms with E-state index in [9.17, 15) is 24.5 Å². The van der Waals surface area contributed by atoms with E-state index in [2.05, 4.69) is 26.6 Å². The van der Waals surface area contributed by atoms with Crippen molar-refractivity contribution in [2.45, 2.75) is 26.3 Å². The van der Waals surface area contributed by atoms with Gasteiger partial charge in [-0.15, -0.1) is 0 Å². The number of imide groups is 1. The van der Waals surface area contributed by atoms with Crippen molar-refractivity contribution in [3.05, 3.63) is 67.7 Å². The Balaban J connectivity index is 1.81. The van der Waals surface area contributed by atoms with Crippen LogP contribution in [0.3, 0.4) is 0 Å². The third-order valence-electron chi connectivity index (χ3n) is 5.06. The van der Waals surface area contributed by atoms with Gasteiger partial charge in [-0.3, -0.25) is 24.6 Å². The number of nitrogens with one attached hydrogen (secondary N) is 2. The van der Waals surface area contributed by atoms with Crippen LogP contribution in [0, 0.1) is 24.0 Å². The van der Waals surface area contributed by atoms with E-state index in [1.807, 2.05) is 0 Å². The van der Waals surface area contributed by atoms with Crippen LogP contribution >= 0.6 is 15.9 Å². The Kier molecular flexibility index (Phi) is 5.62. The maximum atomic E-state index is 13.0. The predicted molar refractivity (Wildman–Crippen MR) is 113 cm³/mol. The highest BCUT2D eigenvalue weighted by molar-refractivity contribution is 9.10. The van der Waals surface area contributed by atoms with Crippen LogP contribution in [0.1, 0.15) is 23.6 Å². The Bertz CT molecular complexity index is 1090. The smallest absolute Gasteiger partial charge is 0.319 e. The number of hydrogen-bond donors (Lipinski definition) is 2. The molecule has 9 nitrogen and oxygen atoms in total. The van der Waals surface area contributed by atoms with E-state index in [-0.39, 0.29) is 11.4 Å². The van der Waals surface area contributed by atoms with Crippen LogP contribution in [0.2, 0.25) is 0 Å². The van der Waals surface area contributed by atoms with Gasteiger partial charge in [0.2, 0.25) is 5.91 Å². The van der Waals surface area contributed by atoms with E-state index in [1.54, 1.807) is 45.0 Å². The van der Waals surface area contributed by atoms with Crippen molar-refractivity contribution in [3.8, 4) is 0 Å². The number of halogens is 1. The molecule has 2 N–H and O–H groups in total. The Morgan fingerprint density at radius 2 is 1.90 bits per heavy atom. The highest BCUT2D eigenvalue weighted by atomic mass is 79.9. The second kappa shape index (κ2) is 7.86. The first-order valence-corrected chi connectivity index (χ1v) is 9.78.